The number of halogens is 1. The average Bonchev–Trinajstić information content (AvgIpc) is 3.24. The zero-order valence-electron chi connectivity index (χ0n) is 17.6. The molecule has 0 N–H and O–H groups in total. The quantitative estimate of drug-likeness (QED) is 0.365. The van der Waals surface area contributed by atoms with Crippen molar-refractivity contribution in [3.63, 3.8) is 0 Å². The minimum absolute atomic E-state index is 0.192. The topological polar surface area (TPSA) is 0 Å². The number of allylic oxidation sites excluding steroid dienone is 6. The standard InChI is InChI=1S/C24H29BrS3/c1-8-18-22(14(2)3)24(20-10-9-17(26-20)13-28(6)7)16(5)15(4)23(18)19-11-12-21(25)27-19/h9-12,18H,6,8,13H2,1-5,7H3. The molecule has 0 aliphatic heterocycles. The van der Waals surface area contributed by atoms with Crippen molar-refractivity contribution in [2.45, 2.75) is 46.8 Å². The molecule has 1 aliphatic carbocycles. The highest BCUT2D eigenvalue weighted by Crippen LogP contribution is 2.51. The number of hydrogen-bond donors (Lipinski definition) is 0. The van der Waals surface area contributed by atoms with Crippen LogP contribution >= 0.6 is 49.1 Å². The van der Waals surface area contributed by atoms with Gasteiger partial charge in [-0.3, -0.25) is 0 Å². The molecular formula is C24H29BrS3. The lowest BCUT2D eigenvalue weighted by Crippen LogP contribution is -2.16. The molecule has 0 fully saturated rings. The normalized spacial score (nSPS) is 18.8. The zero-order chi connectivity index (χ0) is 20.6. The van der Waals surface area contributed by atoms with Crippen LogP contribution in [0.5, 0.6) is 0 Å². The molecule has 2 unspecified atom stereocenters. The highest BCUT2D eigenvalue weighted by molar-refractivity contribution is 9.11. The lowest BCUT2D eigenvalue weighted by Gasteiger charge is -2.33. The molecule has 0 amide bonds. The van der Waals surface area contributed by atoms with Crippen molar-refractivity contribution in [2.75, 3.05) is 6.26 Å². The highest BCUT2D eigenvalue weighted by atomic mass is 79.9. The van der Waals surface area contributed by atoms with Gasteiger partial charge in [0.25, 0.3) is 0 Å². The van der Waals surface area contributed by atoms with Crippen molar-refractivity contribution >= 4 is 66.1 Å². The van der Waals surface area contributed by atoms with E-state index >= 15 is 0 Å². The molecular weight excluding hydrogens is 464 g/mol. The van der Waals surface area contributed by atoms with Crippen molar-refractivity contribution in [1.29, 1.82) is 0 Å². The third-order valence-corrected chi connectivity index (χ3v) is 9.14. The van der Waals surface area contributed by atoms with E-state index < -0.39 is 0 Å². The number of thiophene rings is 2. The first-order valence-electron chi connectivity index (χ1n) is 9.61. The molecule has 0 spiro atoms. The maximum atomic E-state index is 4.20. The van der Waals surface area contributed by atoms with Gasteiger partial charge in [-0.2, -0.15) is 10.5 Å². The summed E-state index contributed by atoms with van der Waals surface area (Å²) in [6.07, 6.45) is 3.34. The monoisotopic (exact) mass is 492 g/mol. The van der Waals surface area contributed by atoms with E-state index in [0.717, 1.165) is 12.2 Å². The molecule has 0 nitrogen and oxygen atoms in total. The van der Waals surface area contributed by atoms with Crippen LogP contribution in [0.4, 0.5) is 0 Å². The van der Waals surface area contributed by atoms with Crippen molar-refractivity contribution in [3.05, 3.63) is 65.0 Å². The van der Waals surface area contributed by atoms with Crippen LogP contribution in [0.1, 0.15) is 55.7 Å². The molecule has 0 aromatic carbocycles. The molecule has 150 valence electrons. The molecule has 2 aromatic heterocycles. The van der Waals surface area contributed by atoms with Crippen molar-refractivity contribution < 1.29 is 0 Å². The van der Waals surface area contributed by atoms with E-state index in [2.05, 4.69) is 86.9 Å². The Bertz CT molecular complexity index is 1010. The van der Waals surface area contributed by atoms with Gasteiger partial charge in [-0.25, -0.2) is 0 Å². The van der Waals surface area contributed by atoms with Gasteiger partial charge >= 0.3 is 0 Å². The van der Waals surface area contributed by atoms with E-state index in [1.807, 2.05) is 22.7 Å². The predicted molar refractivity (Wildman–Crippen MR) is 138 cm³/mol. The average molecular weight is 494 g/mol. The maximum absolute atomic E-state index is 4.20. The Morgan fingerprint density at radius 1 is 1.07 bits per heavy atom. The maximum Gasteiger partial charge on any atom is 0.0704 e. The SMILES string of the molecule is C=S(C)Cc1ccc(C2=C(C)C(C)=C(c3ccc(Br)s3)C(CC)C2=C(C)C)s1. The van der Waals surface area contributed by atoms with Crippen molar-refractivity contribution in [2.24, 2.45) is 5.92 Å². The summed E-state index contributed by atoms with van der Waals surface area (Å²) < 4.78 is 1.20. The van der Waals surface area contributed by atoms with Gasteiger partial charge in [0.15, 0.2) is 0 Å². The van der Waals surface area contributed by atoms with Gasteiger partial charge in [0.05, 0.1) is 3.79 Å². The fourth-order valence-electron chi connectivity index (χ4n) is 4.14. The molecule has 0 saturated heterocycles. The third kappa shape index (κ3) is 4.26. The summed E-state index contributed by atoms with van der Waals surface area (Å²) in [4.78, 5) is 4.26. The minimum Gasteiger partial charge on any atom is -0.191 e. The summed E-state index contributed by atoms with van der Waals surface area (Å²) in [6.45, 7) is 11.5. The highest BCUT2D eigenvalue weighted by Gasteiger charge is 2.32. The van der Waals surface area contributed by atoms with E-state index in [1.165, 1.54) is 51.9 Å². The smallest absolute Gasteiger partial charge is 0.0704 e. The van der Waals surface area contributed by atoms with Gasteiger partial charge in [0.1, 0.15) is 0 Å². The Kier molecular flexibility index (Phi) is 7.07. The molecule has 2 aromatic rings. The van der Waals surface area contributed by atoms with E-state index in [4.69, 9.17) is 0 Å². The van der Waals surface area contributed by atoms with Crippen LogP contribution in [0.25, 0.3) is 11.1 Å². The van der Waals surface area contributed by atoms with E-state index in [0.29, 0.717) is 5.92 Å². The van der Waals surface area contributed by atoms with E-state index in [-0.39, 0.29) is 10.5 Å². The Hall–Kier alpha value is -0.680. The molecule has 0 radical (unpaired) electrons. The molecule has 28 heavy (non-hydrogen) atoms. The van der Waals surface area contributed by atoms with Gasteiger partial charge in [-0.1, -0.05) is 18.4 Å². The van der Waals surface area contributed by atoms with Crippen LogP contribution in [-0.2, 0) is 5.75 Å². The van der Waals surface area contributed by atoms with Crippen LogP contribution in [0.3, 0.4) is 0 Å². The second-order valence-electron chi connectivity index (χ2n) is 7.71. The Morgan fingerprint density at radius 3 is 2.29 bits per heavy atom. The number of rotatable bonds is 5. The Morgan fingerprint density at radius 2 is 1.75 bits per heavy atom. The van der Waals surface area contributed by atoms with E-state index in [9.17, 15) is 0 Å². The first kappa shape index (κ1) is 22.0. The van der Waals surface area contributed by atoms with Crippen LogP contribution in [0.15, 0.2) is 50.3 Å². The summed E-state index contributed by atoms with van der Waals surface area (Å²) in [5.41, 5.74) is 8.83. The molecule has 2 atom stereocenters. The largest absolute Gasteiger partial charge is 0.191 e. The first-order valence-corrected chi connectivity index (χ1v) is 14.0. The Balaban J connectivity index is 2.23. The second kappa shape index (κ2) is 8.99. The van der Waals surface area contributed by atoms with Crippen molar-refractivity contribution in [3.8, 4) is 0 Å². The molecule has 0 bridgehead atoms. The summed E-state index contributed by atoms with van der Waals surface area (Å²) in [5.74, 6) is 5.74. The van der Waals surface area contributed by atoms with Gasteiger partial charge < -0.3 is 0 Å². The molecule has 0 saturated carbocycles. The summed E-state index contributed by atoms with van der Waals surface area (Å²) in [7, 11) is 0.192. The second-order valence-corrected chi connectivity index (χ2v) is 13.2. The van der Waals surface area contributed by atoms with Crippen LogP contribution in [0, 0.1) is 5.92 Å². The van der Waals surface area contributed by atoms with Gasteiger partial charge in [-0.05, 0) is 108 Å². The zero-order valence-corrected chi connectivity index (χ0v) is 21.6. The fourth-order valence-corrected chi connectivity index (χ4v) is 8.03. The van der Waals surface area contributed by atoms with Crippen molar-refractivity contribution in [1.82, 2.24) is 0 Å². The fraction of sp³-hybridized carbons (Fsp3) is 0.375. The van der Waals surface area contributed by atoms with Crippen LogP contribution in [0.2, 0.25) is 0 Å². The van der Waals surface area contributed by atoms with Crippen LogP contribution in [-0.4, -0.2) is 12.1 Å². The van der Waals surface area contributed by atoms with Gasteiger partial charge in [0.2, 0.25) is 0 Å². The van der Waals surface area contributed by atoms with E-state index in [1.54, 1.807) is 0 Å². The number of hydrogen-bond acceptors (Lipinski definition) is 2. The Labute approximate surface area is 189 Å². The lowest BCUT2D eigenvalue weighted by atomic mass is 9.72. The summed E-state index contributed by atoms with van der Waals surface area (Å²) in [5, 5.41) is 0. The van der Waals surface area contributed by atoms with Gasteiger partial charge in [0, 0.05) is 26.3 Å². The molecule has 2 heterocycles. The minimum atomic E-state index is 0.192. The first-order chi connectivity index (χ1) is 13.2. The molecule has 3 rings (SSSR count). The molecule has 1 aliphatic rings. The van der Waals surface area contributed by atoms with Crippen LogP contribution < -0.4 is 0 Å². The summed E-state index contributed by atoms with van der Waals surface area (Å²) in [6, 6.07) is 9.10. The predicted octanol–water partition coefficient (Wildman–Crippen LogP) is 9.03. The molecule has 4 heteroatoms. The lowest BCUT2D eigenvalue weighted by molar-refractivity contribution is 0.749. The summed E-state index contributed by atoms with van der Waals surface area (Å²) >= 11 is 7.47. The third-order valence-electron chi connectivity index (χ3n) is 5.39. The van der Waals surface area contributed by atoms with Gasteiger partial charge in [-0.15, -0.1) is 22.7 Å².